The first kappa shape index (κ1) is 17.5. The minimum atomic E-state index is -0.384. The number of hydrogen-bond donors (Lipinski definition) is 1. The Labute approximate surface area is 151 Å². The molecule has 1 atom stereocenters. The molecule has 0 radical (unpaired) electrons. The van der Waals surface area contributed by atoms with Crippen LogP contribution in [0.15, 0.2) is 41.8 Å². The number of benzene rings is 1. The lowest BCUT2D eigenvalue weighted by atomic mass is 10.0. The molecule has 132 valence electrons. The summed E-state index contributed by atoms with van der Waals surface area (Å²) in [5.41, 5.74) is 1.04. The van der Waals surface area contributed by atoms with E-state index in [9.17, 15) is 9.59 Å². The fourth-order valence-electron chi connectivity index (χ4n) is 2.68. The molecule has 25 heavy (non-hydrogen) atoms. The first-order valence-electron chi connectivity index (χ1n) is 8.27. The third-order valence-electron chi connectivity index (χ3n) is 4.15. The molecule has 1 saturated carbocycles. The molecule has 1 unspecified atom stereocenters. The summed E-state index contributed by atoms with van der Waals surface area (Å²) in [6.07, 6.45) is 2.39. The van der Waals surface area contributed by atoms with E-state index in [-0.39, 0.29) is 30.9 Å². The van der Waals surface area contributed by atoms with Crippen LogP contribution < -0.4 is 10.1 Å². The second-order valence-corrected chi connectivity index (χ2v) is 7.10. The van der Waals surface area contributed by atoms with Gasteiger partial charge in [0.05, 0.1) is 19.6 Å². The van der Waals surface area contributed by atoms with Gasteiger partial charge in [0.15, 0.2) is 6.61 Å². The highest BCUT2D eigenvalue weighted by molar-refractivity contribution is 7.10. The molecule has 1 amide bonds. The van der Waals surface area contributed by atoms with Gasteiger partial charge in [-0.15, -0.1) is 11.3 Å². The third-order valence-corrected chi connectivity index (χ3v) is 5.02. The largest absolute Gasteiger partial charge is 0.497 e. The average molecular weight is 359 g/mol. The van der Waals surface area contributed by atoms with Gasteiger partial charge in [-0.3, -0.25) is 9.59 Å². The summed E-state index contributed by atoms with van der Waals surface area (Å²) in [5.74, 6) is 0.573. The van der Waals surface area contributed by atoms with E-state index < -0.39 is 0 Å². The van der Waals surface area contributed by atoms with E-state index in [0.717, 1.165) is 29.0 Å². The normalized spacial score (nSPS) is 14.6. The van der Waals surface area contributed by atoms with E-state index in [1.807, 2.05) is 41.8 Å². The van der Waals surface area contributed by atoms with Crippen molar-refractivity contribution in [1.29, 1.82) is 0 Å². The predicted octanol–water partition coefficient (Wildman–Crippen LogP) is 3.11. The summed E-state index contributed by atoms with van der Waals surface area (Å²) >= 11 is 1.50. The van der Waals surface area contributed by atoms with Crippen molar-refractivity contribution in [2.75, 3.05) is 13.7 Å². The van der Waals surface area contributed by atoms with Gasteiger partial charge in [0, 0.05) is 4.88 Å². The number of rotatable bonds is 8. The van der Waals surface area contributed by atoms with Gasteiger partial charge in [-0.1, -0.05) is 18.2 Å². The molecule has 2 aromatic rings. The molecular formula is C19H21NO4S. The molecule has 0 aliphatic heterocycles. The van der Waals surface area contributed by atoms with Gasteiger partial charge >= 0.3 is 5.97 Å². The lowest BCUT2D eigenvalue weighted by Gasteiger charge is -2.19. The third kappa shape index (κ3) is 5.06. The Bertz CT molecular complexity index is 708. The van der Waals surface area contributed by atoms with Crippen LogP contribution in [-0.2, 0) is 20.7 Å². The fraction of sp³-hybridized carbons (Fsp3) is 0.368. The van der Waals surface area contributed by atoms with Gasteiger partial charge in [-0.2, -0.15) is 0 Å². The Balaban J connectivity index is 1.51. The van der Waals surface area contributed by atoms with Crippen LogP contribution in [-0.4, -0.2) is 25.6 Å². The summed E-state index contributed by atoms with van der Waals surface area (Å²) < 4.78 is 10.3. The number of thiophene rings is 1. The Morgan fingerprint density at radius 2 is 2.00 bits per heavy atom. The minimum Gasteiger partial charge on any atom is -0.497 e. The van der Waals surface area contributed by atoms with Crippen LogP contribution in [0.4, 0.5) is 0 Å². The highest BCUT2D eigenvalue weighted by atomic mass is 32.1. The Kier molecular flexibility index (Phi) is 5.71. The summed E-state index contributed by atoms with van der Waals surface area (Å²) in [7, 11) is 1.62. The number of ether oxygens (including phenoxy) is 2. The Morgan fingerprint density at radius 1 is 1.24 bits per heavy atom. The number of nitrogens with one attached hydrogen (secondary N) is 1. The van der Waals surface area contributed by atoms with Gasteiger partial charge in [-0.25, -0.2) is 0 Å². The van der Waals surface area contributed by atoms with Crippen LogP contribution >= 0.6 is 11.3 Å². The summed E-state index contributed by atoms with van der Waals surface area (Å²) in [4.78, 5) is 24.9. The molecule has 0 bridgehead atoms. The molecule has 5 nitrogen and oxygen atoms in total. The molecule has 1 heterocycles. The van der Waals surface area contributed by atoms with Crippen LogP contribution in [0.1, 0.15) is 29.3 Å². The van der Waals surface area contributed by atoms with E-state index in [1.165, 1.54) is 11.3 Å². The molecule has 1 aromatic carbocycles. The quantitative estimate of drug-likeness (QED) is 0.736. The number of methoxy groups -OCH3 is 1. The molecular weight excluding hydrogens is 338 g/mol. The Hall–Kier alpha value is -2.34. The van der Waals surface area contributed by atoms with Gasteiger partial charge in [0.2, 0.25) is 0 Å². The molecule has 0 spiro atoms. The Morgan fingerprint density at radius 3 is 2.60 bits per heavy atom. The van der Waals surface area contributed by atoms with E-state index in [4.69, 9.17) is 9.47 Å². The van der Waals surface area contributed by atoms with Gasteiger partial charge in [-0.05, 0) is 47.9 Å². The SMILES string of the molecule is COc1ccc(C(NC(=O)COC(=O)Cc2cccs2)C2CC2)cc1. The second kappa shape index (κ2) is 8.16. The molecule has 1 aliphatic carbocycles. The summed E-state index contributed by atoms with van der Waals surface area (Å²) in [6, 6.07) is 11.4. The zero-order valence-corrected chi connectivity index (χ0v) is 14.9. The number of carbonyl (C=O) groups excluding carboxylic acids is 2. The molecule has 0 saturated heterocycles. The zero-order chi connectivity index (χ0) is 17.6. The molecule has 1 N–H and O–H groups in total. The van der Waals surface area contributed by atoms with E-state index in [2.05, 4.69) is 5.32 Å². The topological polar surface area (TPSA) is 64.6 Å². The summed E-state index contributed by atoms with van der Waals surface area (Å²) in [5, 5.41) is 4.90. The van der Waals surface area contributed by atoms with Crippen LogP contribution in [0, 0.1) is 5.92 Å². The van der Waals surface area contributed by atoms with Crippen LogP contribution in [0.25, 0.3) is 0 Å². The van der Waals surface area contributed by atoms with Crippen LogP contribution in [0.2, 0.25) is 0 Å². The number of carbonyl (C=O) groups is 2. The van der Waals surface area contributed by atoms with Crippen molar-refractivity contribution < 1.29 is 19.1 Å². The predicted molar refractivity (Wildman–Crippen MR) is 95.6 cm³/mol. The van der Waals surface area contributed by atoms with Crippen molar-refractivity contribution in [3.8, 4) is 5.75 Å². The van der Waals surface area contributed by atoms with Crippen molar-refractivity contribution in [3.05, 3.63) is 52.2 Å². The summed E-state index contributed by atoms with van der Waals surface area (Å²) in [6.45, 7) is -0.246. The average Bonchev–Trinajstić information content (AvgIpc) is 3.35. The van der Waals surface area contributed by atoms with Crippen molar-refractivity contribution in [3.63, 3.8) is 0 Å². The molecule has 1 fully saturated rings. The fourth-order valence-corrected chi connectivity index (χ4v) is 3.37. The van der Waals surface area contributed by atoms with Crippen LogP contribution in [0.3, 0.4) is 0 Å². The van der Waals surface area contributed by atoms with E-state index in [0.29, 0.717) is 5.92 Å². The van der Waals surface area contributed by atoms with Crippen molar-refractivity contribution in [2.45, 2.75) is 25.3 Å². The highest BCUT2D eigenvalue weighted by Gasteiger charge is 2.33. The zero-order valence-electron chi connectivity index (χ0n) is 14.1. The number of hydrogen-bond acceptors (Lipinski definition) is 5. The maximum Gasteiger partial charge on any atom is 0.311 e. The van der Waals surface area contributed by atoms with Crippen molar-refractivity contribution in [1.82, 2.24) is 5.32 Å². The molecule has 6 heteroatoms. The lowest BCUT2D eigenvalue weighted by Crippen LogP contribution is -2.33. The van der Waals surface area contributed by atoms with E-state index in [1.54, 1.807) is 7.11 Å². The smallest absolute Gasteiger partial charge is 0.311 e. The molecule has 3 rings (SSSR count). The molecule has 1 aromatic heterocycles. The van der Waals surface area contributed by atoms with Crippen molar-refractivity contribution in [2.24, 2.45) is 5.92 Å². The number of esters is 1. The monoisotopic (exact) mass is 359 g/mol. The maximum absolute atomic E-state index is 12.2. The first-order valence-corrected chi connectivity index (χ1v) is 9.15. The minimum absolute atomic E-state index is 0.0468. The maximum atomic E-state index is 12.2. The standard InChI is InChI=1S/C19H21NO4S/c1-23-15-8-6-14(7-9-15)19(13-4-5-13)20-17(21)12-24-18(22)11-16-3-2-10-25-16/h2-3,6-10,13,19H,4-5,11-12H2,1H3,(H,20,21). The van der Waals surface area contributed by atoms with Gasteiger partial charge in [0.25, 0.3) is 5.91 Å². The number of amides is 1. The van der Waals surface area contributed by atoms with E-state index >= 15 is 0 Å². The second-order valence-electron chi connectivity index (χ2n) is 6.07. The van der Waals surface area contributed by atoms with Crippen LogP contribution in [0.5, 0.6) is 5.75 Å². The first-order chi connectivity index (χ1) is 12.2. The van der Waals surface area contributed by atoms with Gasteiger partial charge < -0.3 is 14.8 Å². The van der Waals surface area contributed by atoms with Crippen molar-refractivity contribution >= 4 is 23.2 Å². The highest BCUT2D eigenvalue weighted by Crippen LogP contribution is 2.41. The lowest BCUT2D eigenvalue weighted by molar-refractivity contribution is -0.148. The van der Waals surface area contributed by atoms with Gasteiger partial charge in [0.1, 0.15) is 5.75 Å². The molecule has 1 aliphatic rings.